The van der Waals surface area contributed by atoms with Crippen LogP contribution in [0.2, 0.25) is 0 Å². The van der Waals surface area contributed by atoms with Gasteiger partial charge in [-0.2, -0.15) is 4.37 Å². The molecule has 17 heavy (non-hydrogen) atoms. The standard InChI is InChI=1S/C12H22N4S/c1-3-11-14-12(17-15-11)16(4-2)9-10-6-5-7-13-8-10/h10,13H,3-9H2,1-2H3. The van der Waals surface area contributed by atoms with Gasteiger partial charge in [-0.3, -0.25) is 0 Å². The largest absolute Gasteiger partial charge is 0.347 e. The molecule has 4 nitrogen and oxygen atoms in total. The third kappa shape index (κ3) is 3.39. The van der Waals surface area contributed by atoms with E-state index >= 15 is 0 Å². The molecule has 2 heterocycles. The summed E-state index contributed by atoms with van der Waals surface area (Å²) in [5.41, 5.74) is 0. The Bertz CT molecular complexity index is 333. The first-order valence-electron chi connectivity index (χ1n) is 6.61. The molecule has 0 amide bonds. The van der Waals surface area contributed by atoms with Gasteiger partial charge in [0.1, 0.15) is 5.82 Å². The van der Waals surface area contributed by atoms with Crippen LogP contribution >= 0.6 is 11.5 Å². The lowest BCUT2D eigenvalue weighted by Crippen LogP contribution is -2.38. The van der Waals surface area contributed by atoms with Gasteiger partial charge in [-0.15, -0.1) is 0 Å². The highest BCUT2D eigenvalue weighted by Crippen LogP contribution is 2.20. The van der Waals surface area contributed by atoms with Gasteiger partial charge in [0, 0.05) is 31.0 Å². The van der Waals surface area contributed by atoms with Crippen molar-refractivity contribution in [3.05, 3.63) is 5.82 Å². The summed E-state index contributed by atoms with van der Waals surface area (Å²) >= 11 is 1.54. The Labute approximate surface area is 108 Å². The maximum atomic E-state index is 4.58. The van der Waals surface area contributed by atoms with Crippen molar-refractivity contribution in [2.75, 3.05) is 31.1 Å². The molecule has 1 fully saturated rings. The molecule has 1 atom stereocenters. The van der Waals surface area contributed by atoms with Crippen LogP contribution in [0.1, 0.15) is 32.5 Å². The minimum atomic E-state index is 0.762. The smallest absolute Gasteiger partial charge is 0.205 e. The molecule has 1 aromatic heterocycles. The number of nitrogens with zero attached hydrogens (tertiary/aromatic N) is 3. The second-order valence-electron chi connectivity index (χ2n) is 4.60. The summed E-state index contributed by atoms with van der Waals surface area (Å²) in [6.07, 6.45) is 3.57. The van der Waals surface area contributed by atoms with E-state index in [1.807, 2.05) is 0 Å². The minimum Gasteiger partial charge on any atom is -0.347 e. The zero-order valence-corrected chi connectivity index (χ0v) is 11.6. The van der Waals surface area contributed by atoms with Crippen molar-refractivity contribution in [3.63, 3.8) is 0 Å². The highest BCUT2D eigenvalue weighted by molar-refractivity contribution is 7.09. The first-order chi connectivity index (χ1) is 8.33. The maximum absolute atomic E-state index is 4.58. The summed E-state index contributed by atoms with van der Waals surface area (Å²) in [5.74, 6) is 1.74. The third-order valence-corrected chi connectivity index (χ3v) is 4.12. The van der Waals surface area contributed by atoms with E-state index in [4.69, 9.17) is 0 Å². The van der Waals surface area contributed by atoms with Crippen molar-refractivity contribution in [3.8, 4) is 0 Å². The SMILES string of the molecule is CCc1nsc(N(CC)CC2CCCNC2)n1. The lowest BCUT2D eigenvalue weighted by Gasteiger charge is -2.28. The van der Waals surface area contributed by atoms with E-state index in [0.29, 0.717) is 0 Å². The van der Waals surface area contributed by atoms with Crippen LogP contribution in [0.25, 0.3) is 0 Å². The average Bonchev–Trinajstić information content (AvgIpc) is 2.86. The first-order valence-corrected chi connectivity index (χ1v) is 7.39. The second kappa shape index (κ2) is 6.31. The molecule has 0 spiro atoms. The fraction of sp³-hybridized carbons (Fsp3) is 0.833. The first kappa shape index (κ1) is 12.8. The normalized spacial score (nSPS) is 20.5. The van der Waals surface area contributed by atoms with Crippen LogP contribution in [-0.4, -0.2) is 35.5 Å². The molecule has 1 aliphatic rings. The summed E-state index contributed by atoms with van der Waals surface area (Å²) in [6.45, 7) is 8.77. The summed E-state index contributed by atoms with van der Waals surface area (Å²) in [5, 5.41) is 4.57. The molecule has 0 aromatic carbocycles. The van der Waals surface area contributed by atoms with Gasteiger partial charge in [0.15, 0.2) is 0 Å². The van der Waals surface area contributed by atoms with Crippen LogP contribution in [-0.2, 0) is 6.42 Å². The summed E-state index contributed by atoms with van der Waals surface area (Å²) in [7, 11) is 0. The Morgan fingerprint density at radius 3 is 2.94 bits per heavy atom. The van der Waals surface area contributed by atoms with E-state index < -0.39 is 0 Å². The molecule has 1 aliphatic heterocycles. The lowest BCUT2D eigenvalue weighted by molar-refractivity contribution is 0.378. The number of aryl methyl sites for hydroxylation is 1. The summed E-state index contributed by atoms with van der Waals surface area (Å²) in [6, 6.07) is 0. The van der Waals surface area contributed by atoms with Crippen molar-refractivity contribution < 1.29 is 0 Å². The van der Waals surface area contributed by atoms with E-state index in [1.54, 1.807) is 0 Å². The van der Waals surface area contributed by atoms with Crippen LogP contribution in [0.3, 0.4) is 0 Å². The molecule has 5 heteroatoms. The second-order valence-corrected chi connectivity index (χ2v) is 5.33. The molecule has 2 rings (SSSR count). The van der Waals surface area contributed by atoms with Crippen molar-refractivity contribution >= 4 is 16.7 Å². The number of hydrogen-bond donors (Lipinski definition) is 1. The van der Waals surface area contributed by atoms with Crippen LogP contribution in [0.15, 0.2) is 0 Å². The Morgan fingerprint density at radius 2 is 2.35 bits per heavy atom. The van der Waals surface area contributed by atoms with E-state index in [2.05, 4.69) is 33.4 Å². The molecular weight excluding hydrogens is 232 g/mol. The fourth-order valence-electron chi connectivity index (χ4n) is 2.25. The monoisotopic (exact) mass is 254 g/mol. The number of piperidine rings is 1. The lowest BCUT2D eigenvalue weighted by atomic mass is 9.99. The van der Waals surface area contributed by atoms with Crippen LogP contribution < -0.4 is 10.2 Å². The molecule has 96 valence electrons. The third-order valence-electron chi connectivity index (χ3n) is 3.30. The molecule has 1 aromatic rings. The summed E-state index contributed by atoms with van der Waals surface area (Å²) < 4.78 is 4.37. The average molecular weight is 254 g/mol. The Hall–Kier alpha value is -0.680. The van der Waals surface area contributed by atoms with E-state index in [1.165, 1.54) is 30.9 Å². The molecule has 1 N–H and O–H groups in total. The number of aromatic nitrogens is 2. The quantitative estimate of drug-likeness (QED) is 0.871. The van der Waals surface area contributed by atoms with Gasteiger partial charge >= 0.3 is 0 Å². The van der Waals surface area contributed by atoms with E-state index in [0.717, 1.165) is 42.9 Å². The molecular formula is C12H22N4S. The Balaban J connectivity index is 1.95. The van der Waals surface area contributed by atoms with Crippen LogP contribution in [0.4, 0.5) is 5.13 Å². The molecule has 0 aliphatic carbocycles. The number of rotatable bonds is 5. The predicted octanol–water partition coefficient (Wildman–Crippen LogP) is 1.93. The van der Waals surface area contributed by atoms with Gasteiger partial charge in [0.05, 0.1) is 0 Å². The highest BCUT2D eigenvalue weighted by Gasteiger charge is 2.18. The zero-order chi connectivity index (χ0) is 12.1. The van der Waals surface area contributed by atoms with E-state index in [-0.39, 0.29) is 0 Å². The van der Waals surface area contributed by atoms with Crippen LogP contribution in [0, 0.1) is 5.92 Å². The van der Waals surface area contributed by atoms with Gasteiger partial charge in [-0.05, 0) is 38.8 Å². The number of anilines is 1. The van der Waals surface area contributed by atoms with Gasteiger partial charge in [0.25, 0.3) is 0 Å². The van der Waals surface area contributed by atoms with Crippen LogP contribution in [0.5, 0.6) is 0 Å². The van der Waals surface area contributed by atoms with Gasteiger partial charge < -0.3 is 10.2 Å². The summed E-state index contributed by atoms with van der Waals surface area (Å²) in [4.78, 5) is 6.95. The zero-order valence-electron chi connectivity index (χ0n) is 10.8. The van der Waals surface area contributed by atoms with Crippen molar-refractivity contribution in [2.24, 2.45) is 5.92 Å². The van der Waals surface area contributed by atoms with Gasteiger partial charge in [0.2, 0.25) is 5.13 Å². The van der Waals surface area contributed by atoms with E-state index in [9.17, 15) is 0 Å². The maximum Gasteiger partial charge on any atom is 0.205 e. The van der Waals surface area contributed by atoms with Crippen molar-refractivity contribution in [1.29, 1.82) is 0 Å². The molecule has 0 saturated carbocycles. The molecule has 0 radical (unpaired) electrons. The molecule has 1 saturated heterocycles. The molecule has 1 unspecified atom stereocenters. The minimum absolute atomic E-state index is 0.762. The molecule has 0 bridgehead atoms. The predicted molar refractivity (Wildman–Crippen MR) is 72.8 cm³/mol. The van der Waals surface area contributed by atoms with Crippen molar-refractivity contribution in [1.82, 2.24) is 14.7 Å². The fourth-order valence-corrected chi connectivity index (χ4v) is 3.07. The number of hydrogen-bond acceptors (Lipinski definition) is 5. The Kier molecular flexibility index (Phi) is 4.74. The van der Waals surface area contributed by atoms with Gasteiger partial charge in [-0.1, -0.05) is 6.92 Å². The number of nitrogens with one attached hydrogen (secondary N) is 1. The van der Waals surface area contributed by atoms with Gasteiger partial charge in [-0.25, -0.2) is 4.98 Å². The Morgan fingerprint density at radius 1 is 1.47 bits per heavy atom. The topological polar surface area (TPSA) is 41.1 Å². The van der Waals surface area contributed by atoms with Crippen molar-refractivity contribution in [2.45, 2.75) is 33.1 Å². The highest BCUT2D eigenvalue weighted by atomic mass is 32.1.